The zero-order valence-corrected chi connectivity index (χ0v) is 14.1. The third kappa shape index (κ3) is 2.59. The van der Waals surface area contributed by atoms with Gasteiger partial charge in [0.05, 0.1) is 35.3 Å². The number of carbonyl (C=O) groups excluding carboxylic acids is 2. The first-order valence-corrected chi connectivity index (χ1v) is 8.51. The lowest BCUT2D eigenvalue weighted by Gasteiger charge is -2.37. The molecule has 2 aliphatic heterocycles. The Morgan fingerprint density at radius 3 is 2.48 bits per heavy atom. The van der Waals surface area contributed by atoms with Gasteiger partial charge in [-0.05, 0) is 32.3 Å². The number of rotatable bonds is 2. The third-order valence-electron chi connectivity index (χ3n) is 5.47. The van der Waals surface area contributed by atoms with Crippen molar-refractivity contribution in [3.63, 3.8) is 0 Å². The average molecular weight is 340 g/mol. The molecule has 2 aromatic rings. The van der Waals surface area contributed by atoms with Gasteiger partial charge in [-0.3, -0.25) is 9.59 Å². The molecule has 2 aliphatic rings. The molecule has 2 saturated heterocycles. The fourth-order valence-electron chi connectivity index (χ4n) is 3.88. The summed E-state index contributed by atoms with van der Waals surface area (Å²) in [5, 5.41) is 0. The summed E-state index contributed by atoms with van der Waals surface area (Å²) in [7, 11) is 0. The molecule has 4 rings (SSSR count). The van der Waals surface area contributed by atoms with Crippen LogP contribution in [0.5, 0.6) is 0 Å². The Bertz CT molecular complexity index is 794. The summed E-state index contributed by atoms with van der Waals surface area (Å²) >= 11 is 0. The Kier molecular flexibility index (Phi) is 3.78. The Morgan fingerprint density at radius 1 is 1.16 bits per heavy atom. The van der Waals surface area contributed by atoms with Crippen molar-refractivity contribution in [3.05, 3.63) is 42.4 Å². The number of furan rings is 1. The fourth-order valence-corrected chi connectivity index (χ4v) is 3.88. The molecule has 0 aromatic carbocycles. The van der Waals surface area contributed by atoms with E-state index in [0.717, 1.165) is 12.1 Å². The molecule has 2 amide bonds. The van der Waals surface area contributed by atoms with E-state index >= 15 is 0 Å². The van der Waals surface area contributed by atoms with Crippen molar-refractivity contribution in [2.45, 2.75) is 26.2 Å². The van der Waals surface area contributed by atoms with Crippen LogP contribution in [0.3, 0.4) is 0 Å². The number of likely N-dealkylation sites (tertiary alicyclic amines) is 1. The molecule has 2 fully saturated rings. The molecule has 1 spiro atoms. The number of hydrogen-bond donors (Lipinski definition) is 0. The first kappa shape index (κ1) is 15.8. The first-order valence-electron chi connectivity index (χ1n) is 8.51. The van der Waals surface area contributed by atoms with E-state index in [9.17, 15) is 9.59 Å². The molecule has 0 N–H and O–H groups in total. The first-order chi connectivity index (χ1) is 12.1. The molecular formula is C18H20N4O3. The maximum Gasteiger partial charge on any atom is 0.257 e. The SMILES string of the molecule is Cc1occc1C(=O)N1CCC2(CC1)CCN(c1cncnc1)C2=O. The molecule has 0 bridgehead atoms. The number of piperidine rings is 1. The van der Waals surface area contributed by atoms with Gasteiger partial charge in [-0.2, -0.15) is 0 Å². The van der Waals surface area contributed by atoms with E-state index in [-0.39, 0.29) is 17.2 Å². The molecule has 25 heavy (non-hydrogen) atoms. The molecule has 0 radical (unpaired) electrons. The van der Waals surface area contributed by atoms with Crippen molar-refractivity contribution in [2.24, 2.45) is 5.41 Å². The molecule has 7 heteroatoms. The Balaban J connectivity index is 1.46. The van der Waals surface area contributed by atoms with Crippen molar-refractivity contribution in [3.8, 4) is 0 Å². The highest BCUT2D eigenvalue weighted by Gasteiger charge is 2.49. The summed E-state index contributed by atoms with van der Waals surface area (Å²) in [5.41, 5.74) is 0.992. The summed E-state index contributed by atoms with van der Waals surface area (Å²) in [6.07, 6.45) is 8.54. The van der Waals surface area contributed by atoms with Crippen LogP contribution < -0.4 is 4.90 Å². The minimum atomic E-state index is -0.363. The normalized spacial score (nSPS) is 19.6. The van der Waals surface area contributed by atoms with Gasteiger partial charge in [0.1, 0.15) is 12.1 Å². The number of carbonyl (C=O) groups is 2. The highest BCUT2D eigenvalue weighted by atomic mass is 16.3. The van der Waals surface area contributed by atoms with Crippen LogP contribution in [0, 0.1) is 12.3 Å². The Labute approximate surface area is 145 Å². The van der Waals surface area contributed by atoms with E-state index in [2.05, 4.69) is 9.97 Å². The van der Waals surface area contributed by atoms with Gasteiger partial charge < -0.3 is 14.2 Å². The van der Waals surface area contributed by atoms with Crippen LogP contribution in [0.2, 0.25) is 0 Å². The minimum absolute atomic E-state index is 0.0140. The van der Waals surface area contributed by atoms with Gasteiger partial charge in [0.15, 0.2) is 0 Å². The van der Waals surface area contributed by atoms with Gasteiger partial charge in [-0.25, -0.2) is 9.97 Å². The van der Waals surface area contributed by atoms with Gasteiger partial charge in [-0.1, -0.05) is 0 Å². The van der Waals surface area contributed by atoms with Crippen molar-refractivity contribution in [2.75, 3.05) is 24.5 Å². The second-order valence-electron chi connectivity index (χ2n) is 6.77. The molecular weight excluding hydrogens is 320 g/mol. The lowest BCUT2D eigenvalue weighted by Crippen LogP contribution is -2.46. The molecule has 130 valence electrons. The van der Waals surface area contributed by atoms with Crippen LogP contribution in [-0.2, 0) is 4.79 Å². The average Bonchev–Trinajstić information content (AvgIpc) is 3.20. The number of nitrogens with zero attached hydrogens (tertiary/aromatic N) is 4. The van der Waals surface area contributed by atoms with E-state index in [4.69, 9.17) is 4.42 Å². The standard InChI is InChI=1S/C18H20N4O3/c1-13-15(2-9-25-13)16(23)21-6-3-18(4-7-21)5-8-22(17(18)24)14-10-19-12-20-11-14/h2,9-12H,3-8H2,1H3. The van der Waals surface area contributed by atoms with Crippen LogP contribution in [0.25, 0.3) is 0 Å². The summed E-state index contributed by atoms with van der Waals surface area (Å²) in [4.78, 5) is 37.2. The van der Waals surface area contributed by atoms with Gasteiger partial charge in [0.2, 0.25) is 5.91 Å². The van der Waals surface area contributed by atoms with Crippen molar-refractivity contribution in [1.82, 2.24) is 14.9 Å². The van der Waals surface area contributed by atoms with Crippen LogP contribution in [0.1, 0.15) is 35.4 Å². The monoisotopic (exact) mass is 340 g/mol. The van der Waals surface area contributed by atoms with Gasteiger partial charge >= 0.3 is 0 Å². The number of hydrogen-bond acceptors (Lipinski definition) is 5. The number of anilines is 1. The van der Waals surface area contributed by atoms with E-state index in [1.54, 1.807) is 30.3 Å². The Hall–Kier alpha value is -2.70. The van der Waals surface area contributed by atoms with Crippen molar-refractivity contribution >= 4 is 17.5 Å². The minimum Gasteiger partial charge on any atom is -0.469 e. The smallest absolute Gasteiger partial charge is 0.257 e. The van der Waals surface area contributed by atoms with E-state index < -0.39 is 0 Å². The summed E-state index contributed by atoms with van der Waals surface area (Å²) < 4.78 is 5.23. The zero-order chi connectivity index (χ0) is 17.4. The molecule has 0 saturated carbocycles. The van der Waals surface area contributed by atoms with Crippen LogP contribution in [0.4, 0.5) is 5.69 Å². The molecule has 0 atom stereocenters. The largest absolute Gasteiger partial charge is 0.469 e. The topological polar surface area (TPSA) is 79.5 Å². The predicted octanol–water partition coefficient (Wildman–Crippen LogP) is 2.04. The molecule has 4 heterocycles. The molecule has 2 aromatic heterocycles. The highest BCUT2D eigenvalue weighted by Crippen LogP contribution is 2.43. The molecule has 0 unspecified atom stereocenters. The second kappa shape index (κ2) is 5.98. The molecule has 7 nitrogen and oxygen atoms in total. The third-order valence-corrected chi connectivity index (χ3v) is 5.47. The number of amides is 2. The summed E-state index contributed by atoms with van der Waals surface area (Å²) in [5.74, 6) is 0.756. The lowest BCUT2D eigenvalue weighted by atomic mass is 9.77. The summed E-state index contributed by atoms with van der Waals surface area (Å²) in [6, 6.07) is 1.71. The van der Waals surface area contributed by atoms with Gasteiger partial charge in [-0.15, -0.1) is 0 Å². The van der Waals surface area contributed by atoms with Gasteiger partial charge in [0.25, 0.3) is 5.91 Å². The van der Waals surface area contributed by atoms with E-state index in [1.807, 2.05) is 4.90 Å². The summed E-state index contributed by atoms with van der Waals surface area (Å²) in [6.45, 7) is 3.66. The second-order valence-corrected chi connectivity index (χ2v) is 6.77. The van der Waals surface area contributed by atoms with Gasteiger partial charge in [0, 0.05) is 19.6 Å². The van der Waals surface area contributed by atoms with Crippen LogP contribution in [0.15, 0.2) is 35.5 Å². The number of aromatic nitrogens is 2. The van der Waals surface area contributed by atoms with Crippen molar-refractivity contribution in [1.29, 1.82) is 0 Å². The predicted molar refractivity (Wildman–Crippen MR) is 90.0 cm³/mol. The van der Waals surface area contributed by atoms with Crippen molar-refractivity contribution < 1.29 is 14.0 Å². The maximum absolute atomic E-state index is 13.0. The maximum atomic E-state index is 13.0. The lowest BCUT2D eigenvalue weighted by molar-refractivity contribution is -0.127. The van der Waals surface area contributed by atoms with E-state index in [1.165, 1.54) is 12.6 Å². The van der Waals surface area contributed by atoms with Crippen LogP contribution in [-0.4, -0.2) is 46.3 Å². The van der Waals surface area contributed by atoms with E-state index in [0.29, 0.717) is 43.8 Å². The van der Waals surface area contributed by atoms with Crippen LogP contribution >= 0.6 is 0 Å². The Morgan fingerprint density at radius 2 is 1.84 bits per heavy atom. The zero-order valence-electron chi connectivity index (χ0n) is 14.1. The highest BCUT2D eigenvalue weighted by molar-refractivity contribution is 6.00. The number of aryl methyl sites for hydroxylation is 1. The molecule has 0 aliphatic carbocycles. The fraction of sp³-hybridized carbons (Fsp3) is 0.444. The quantitative estimate of drug-likeness (QED) is 0.836.